The molecule has 2 N–H and O–H groups in total. The van der Waals surface area contributed by atoms with E-state index in [4.69, 9.17) is 0 Å². The highest BCUT2D eigenvalue weighted by molar-refractivity contribution is 7.99. The van der Waals surface area contributed by atoms with Gasteiger partial charge in [-0.2, -0.15) is 0 Å². The number of carbonyl (C=O) groups is 2. The predicted octanol–water partition coefficient (Wildman–Crippen LogP) is 3.65. The highest BCUT2D eigenvalue weighted by Gasteiger charge is 2.19. The van der Waals surface area contributed by atoms with Gasteiger partial charge in [0.05, 0.1) is 11.8 Å². The molecule has 0 fully saturated rings. The number of carbonyl (C=O) groups excluding carboxylic acids is 2. The fourth-order valence-electron chi connectivity index (χ4n) is 2.95. The molecule has 0 aliphatic heterocycles. The van der Waals surface area contributed by atoms with Crippen molar-refractivity contribution in [2.75, 3.05) is 11.1 Å². The first-order valence-electron chi connectivity index (χ1n) is 9.60. The average molecular weight is 424 g/mol. The summed E-state index contributed by atoms with van der Waals surface area (Å²) >= 11 is 1.30. The fourth-order valence-corrected chi connectivity index (χ4v) is 3.67. The van der Waals surface area contributed by atoms with Crippen LogP contribution in [-0.4, -0.2) is 32.3 Å². The minimum atomic E-state index is -0.326. The number of hydrogen-bond donors (Lipinski definition) is 2. The van der Waals surface area contributed by atoms with Crippen molar-refractivity contribution in [3.8, 4) is 0 Å². The van der Waals surface area contributed by atoms with Gasteiger partial charge in [0.1, 0.15) is 0 Å². The molecule has 2 amide bonds. The number of anilines is 1. The number of benzene rings is 2. The van der Waals surface area contributed by atoms with E-state index in [-0.39, 0.29) is 23.6 Å². The van der Waals surface area contributed by atoms with Crippen LogP contribution in [0, 0.1) is 13.8 Å². The van der Waals surface area contributed by atoms with E-state index >= 15 is 0 Å². The Kier molecular flexibility index (Phi) is 6.89. The summed E-state index contributed by atoms with van der Waals surface area (Å²) in [5, 5.41) is 14.8. The average Bonchev–Trinajstić information content (AvgIpc) is 3.10. The van der Waals surface area contributed by atoms with Crippen LogP contribution in [0.3, 0.4) is 0 Å². The number of rotatable bonds is 7. The van der Waals surface area contributed by atoms with Crippen molar-refractivity contribution in [2.24, 2.45) is 7.05 Å². The first-order valence-corrected chi connectivity index (χ1v) is 10.6. The SMILES string of the molecule is Cc1ccc(C)c(NC(=O)CSc2nnc([C@H](C)NC(=O)c3ccccc3)n2C)c1. The molecule has 156 valence electrons. The Bertz CT molecular complexity index is 1050. The Labute approximate surface area is 180 Å². The molecule has 8 heteroatoms. The van der Waals surface area contributed by atoms with Crippen molar-refractivity contribution in [3.63, 3.8) is 0 Å². The van der Waals surface area contributed by atoms with E-state index in [9.17, 15) is 9.59 Å². The second-order valence-corrected chi connectivity index (χ2v) is 8.06. The molecule has 1 heterocycles. The molecule has 30 heavy (non-hydrogen) atoms. The lowest BCUT2D eigenvalue weighted by Gasteiger charge is -2.13. The molecule has 3 aromatic rings. The van der Waals surface area contributed by atoms with E-state index in [0.717, 1.165) is 16.8 Å². The number of aryl methyl sites for hydroxylation is 2. The molecule has 1 aromatic heterocycles. The highest BCUT2D eigenvalue weighted by Crippen LogP contribution is 2.21. The van der Waals surface area contributed by atoms with Gasteiger partial charge >= 0.3 is 0 Å². The van der Waals surface area contributed by atoms with Crippen molar-refractivity contribution < 1.29 is 9.59 Å². The molecule has 0 aliphatic rings. The standard InChI is InChI=1S/C22H25N5O2S/c1-14-10-11-15(2)18(12-14)24-19(28)13-30-22-26-25-20(27(22)4)16(3)23-21(29)17-8-6-5-7-9-17/h5-12,16H,13H2,1-4H3,(H,23,29)(H,24,28)/t16-/m0/s1. The van der Waals surface area contributed by atoms with Crippen molar-refractivity contribution >= 4 is 29.3 Å². The maximum absolute atomic E-state index is 12.4. The van der Waals surface area contributed by atoms with Crippen LogP contribution >= 0.6 is 11.8 Å². The lowest BCUT2D eigenvalue weighted by atomic mass is 10.1. The zero-order valence-corrected chi connectivity index (χ0v) is 18.3. The largest absolute Gasteiger partial charge is 0.342 e. The Morgan fingerprint density at radius 2 is 1.83 bits per heavy atom. The number of nitrogens with one attached hydrogen (secondary N) is 2. The number of amides is 2. The molecule has 0 saturated carbocycles. The van der Waals surface area contributed by atoms with Crippen LogP contribution in [0.2, 0.25) is 0 Å². The topological polar surface area (TPSA) is 88.9 Å². The van der Waals surface area contributed by atoms with Crippen LogP contribution in [-0.2, 0) is 11.8 Å². The molecule has 0 spiro atoms. The zero-order valence-electron chi connectivity index (χ0n) is 17.5. The van der Waals surface area contributed by atoms with Crippen molar-refractivity contribution in [1.82, 2.24) is 20.1 Å². The van der Waals surface area contributed by atoms with Gasteiger partial charge in [-0.1, -0.05) is 42.1 Å². The van der Waals surface area contributed by atoms with Gasteiger partial charge in [-0.15, -0.1) is 10.2 Å². The molecule has 0 bridgehead atoms. The first kappa shape index (κ1) is 21.6. The first-order chi connectivity index (χ1) is 14.3. The van der Waals surface area contributed by atoms with Gasteiger partial charge in [0, 0.05) is 18.3 Å². The van der Waals surface area contributed by atoms with E-state index in [1.165, 1.54) is 11.8 Å². The second kappa shape index (κ2) is 9.58. The Morgan fingerprint density at radius 3 is 2.57 bits per heavy atom. The summed E-state index contributed by atoms with van der Waals surface area (Å²) in [6.07, 6.45) is 0. The van der Waals surface area contributed by atoms with Gasteiger partial charge in [0.15, 0.2) is 11.0 Å². The second-order valence-electron chi connectivity index (χ2n) is 7.12. The smallest absolute Gasteiger partial charge is 0.251 e. The Morgan fingerprint density at radius 1 is 1.10 bits per heavy atom. The summed E-state index contributed by atoms with van der Waals surface area (Å²) in [7, 11) is 1.82. The summed E-state index contributed by atoms with van der Waals surface area (Å²) in [6.45, 7) is 5.80. The maximum atomic E-state index is 12.4. The summed E-state index contributed by atoms with van der Waals surface area (Å²) in [5.74, 6) is 0.554. The maximum Gasteiger partial charge on any atom is 0.251 e. The zero-order chi connectivity index (χ0) is 21.7. The van der Waals surface area contributed by atoms with E-state index in [2.05, 4.69) is 20.8 Å². The molecule has 0 saturated heterocycles. The summed E-state index contributed by atoms with van der Waals surface area (Å²) in [6, 6.07) is 14.6. The summed E-state index contributed by atoms with van der Waals surface area (Å²) in [5.41, 5.74) is 3.51. The third-order valence-electron chi connectivity index (χ3n) is 4.64. The molecular weight excluding hydrogens is 398 g/mol. The van der Waals surface area contributed by atoms with Crippen LogP contribution < -0.4 is 10.6 Å². The van der Waals surface area contributed by atoms with Crippen molar-refractivity contribution in [1.29, 1.82) is 0 Å². The Balaban J connectivity index is 1.59. The third-order valence-corrected chi connectivity index (χ3v) is 5.66. The van der Waals surface area contributed by atoms with Gasteiger partial charge < -0.3 is 15.2 Å². The van der Waals surface area contributed by atoms with E-state index < -0.39 is 0 Å². The van der Waals surface area contributed by atoms with Crippen molar-refractivity contribution in [2.45, 2.75) is 32.0 Å². The molecule has 3 rings (SSSR count). The van der Waals surface area contributed by atoms with E-state index in [1.54, 1.807) is 16.7 Å². The van der Waals surface area contributed by atoms with Crippen molar-refractivity contribution in [3.05, 3.63) is 71.0 Å². The molecule has 1 atom stereocenters. The van der Waals surface area contributed by atoms with Crippen LogP contribution in [0.1, 0.15) is 40.3 Å². The van der Waals surface area contributed by atoms with Gasteiger partial charge in [-0.05, 0) is 50.1 Å². The quantitative estimate of drug-likeness (QED) is 0.566. The minimum Gasteiger partial charge on any atom is -0.342 e. The van der Waals surface area contributed by atoms with E-state index in [0.29, 0.717) is 16.5 Å². The minimum absolute atomic E-state index is 0.108. The third kappa shape index (κ3) is 5.27. The van der Waals surface area contributed by atoms with Gasteiger partial charge in [0.2, 0.25) is 5.91 Å². The lowest BCUT2D eigenvalue weighted by molar-refractivity contribution is -0.113. The monoisotopic (exact) mass is 423 g/mol. The number of nitrogens with zero attached hydrogens (tertiary/aromatic N) is 3. The lowest BCUT2D eigenvalue weighted by Crippen LogP contribution is -2.28. The molecular formula is C22H25N5O2S. The van der Waals surface area contributed by atoms with Crippen LogP contribution in [0.15, 0.2) is 53.7 Å². The van der Waals surface area contributed by atoms with Crippen LogP contribution in [0.4, 0.5) is 5.69 Å². The normalized spacial score (nSPS) is 11.7. The number of aromatic nitrogens is 3. The van der Waals surface area contributed by atoms with Gasteiger partial charge in [-0.3, -0.25) is 9.59 Å². The number of thioether (sulfide) groups is 1. The fraction of sp³-hybridized carbons (Fsp3) is 0.273. The van der Waals surface area contributed by atoms with Gasteiger partial charge in [0.25, 0.3) is 5.91 Å². The molecule has 7 nitrogen and oxygen atoms in total. The van der Waals surface area contributed by atoms with Crippen LogP contribution in [0.5, 0.6) is 0 Å². The molecule has 0 radical (unpaired) electrons. The number of hydrogen-bond acceptors (Lipinski definition) is 5. The molecule has 0 aliphatic carbocycles. The highest BCUT2D eigenvalue weighted by atomic mass is 32.2. The molecule has 0 unspecified atom stereocenters. The molecule has 2 aromatic carbocycles. The Hall–Kier alpha value is -3.13. The summed E-state index contributed by atoms with van der Waals surface area (Å²) in [4.78, 5) is 24.7. The van der Waals surface area contributed by atoms with Crippen LogP contribution in [0.25, 0.3) is 0 Å². The predicted molar refractivity (Wildman–Crippen MR) is 119 cm³/mol. The van der Waals surface area contributed by atoms with E-state index in [1.807, 2.05) is 64.2 Å². The summed E-state index contributed by atoms with van der Waals surface area (Å²) < 4.78 is 1.80. The van der Waals surface area contributed by atoms with Gasteiger partial charge in [-0.25, -0.2) is 0 Å².